The van der Waals surface area contributed by atoms with E-state index in [1.54, 1.807) is 0 Å². The Morgan fingerprint density at radius 1 is 1.26 bits per heavy atom. The van der Waals surface area contributed by atoms with Gasteiger partial charge >= 0.3 is 5.97 Å². The predicted octanol–water partition coefficient (Wildman–Crippen LogP) is 5.98. The molecule has 6 atom stereocenters. The van der Waals surface area contributed by atoms with Crippen molar-refractivity contribution in [3.8, 4) is 0 Å². The SMILES string of the molecule is C=CC[C@@H]1C(=O)O[C@@H]2[C@H]1[C@H]([C@H](O[Si](CC)(CC)CC)[C@@H](C)C=C)CC2(C)C. The smallest absolute Gasteiger partial charge is 0.309 e. The summed E-state index contributed by atoms with van der Waals surface area (Å²) >= 11 is 0. The molecule has 1 aliphatic carbocycles. The Labute approximate surface area is 167 Å². The van der Waals surface area contributed by atoms with Crippen LogP contribution in [-0.4, -0.2) is 26.5 Å². The second-order valence-electron chi connectivity index (χ2n) is 9.34. The molecule has 0 radical (unpaired) electrons. The molecule has 0 N–H and O–H groups in total. The summed E-state index contributed by atoms with van der Waals surface area (Å²) in [6, 6.07) is 3.41. The summed E-state index contributed by atoms with van der Waals surface area (Å²) in [6.45, 7) is 21.5. The first-order chi connectivity index (χ1) is 12.7. The number of hydrogen-bond donors (Lipinski definition) is 0. The number of carbonyl (C=O) groups excluding carboxylic acids is 1. The Kier molecular flexibility index (Phi) is 7.18. The van der Waals surface area contributed by atoms with E-state index in [4.69, 9.17) is 9.16 Å². The number of rotatable bonds is 10. The molecule has 4 heteroatoms. The van der Waals surface area contributed by atoms with Gasteiger partial charge in [0.15, 0.2) is 8.32 Å². The summed E-state index contributed by atoms with van der Waals surface area (Å²) < 4.78 is 13.0. The molecule has 0 aromatic heterocycles. The molecular formula is C23H40O3Si. The zero-order chi connectivity index (χ0) is 20.4. The van der Waals surface area contributed by atoms with Gasteiger partial charge in [0.1, 0.15) is 6.10 Å². The molecule has 0 unspecified atom stereocenters. The third kappa shape index (κ3) is 4.12. The maximum atomic E-state index is 12.6. The van der Waals surface area contributed by atoms with E-state index < -0.39 is 8.32 Å². The van der Waals surface area contributed by atoms with Crippen molar-refractivity contribution in [3.05, 3.63) is 25.3 Å². The third-order valence-corrected chi connectivity index (χ3v) is 12.1. The molecular weight excluding hydrogens is 352 g/mol. The van der Waals surface area contributed by atoms with Crippen LogP contribution in [0.15, 0.2) is 25.3 Å². The van der Waals surface area contributed by atoms with E-state index in [2.05, 4.69) is 54.7 Å². The van der Waals surface area contributed by atoms with Gasteiger partial charge in [0.25, 0.3) is 0 Å². The van der Waals surface area contributed by atoms with Crippen LogP contribution in [0.3, 0.4) is 0 Å². The van der Waals surface area contributed by atoms with Gasteiger partial charge in [0, 0.05) is 11.3 Å². The first-order valence-corrected chi connectivity index (χ1v) is 13.3. The van der Waals surface area contributed by atoms with Crippen molar-refractivity contribution in [3.63, 3.8) is 0 Å². The number of carbonyl (C=O) groups is 1. The zero-order valence-electron chi connectivity index (χ0n) is 18.3. The molecule has 154 valence electrons. The highest BCUT2D eigenvalue weighted by Gasteiger charge is 2.61. The summed E-state index contributed by atoms with van der Waals surface area (Å²) in [5.74, 6) is 0.684. The van der Waals surface area contributed by atoms with Crippen LogP contribution in [0.5, 0.6) is 0 Å². The Hall–Kier alpha value is -0.873. The van der Waals surface area contributed by atoms with Crippen molar-refractivity contribution in [1.82, 2.24) is 0 Å². The van der Waals surface area contributed by atoms with E-state index in [0.717, 1.165) is 24.6 Å². The highest BCUT2D eigenvalue weighted by Crippen LogP contribution is 2.57. The minimum Gasteiger partial charge on any atom is -0.461 e. The van der Waals surface area contributed by atoms with Crippen LogP contribution in [0.4, 0.5) is 0 Å². The van der Waals surface area contributed by atoms with Crippen molar-refractivity contribution in [2.75, 3.05) is 0 Å². The molecule has 1 heterocycles. The summed E-state index contributed by atoms with van der Waals surface area (Å²) in [7, 11) is -1.77. The van der Waals surface area contributed by atoms with Gasteiger partial charge in [0.05, 0.1) is 12.0 Å². The van der Waals surface area contributed by atoms with E-state index in [1.807, 2.05) is 12.2 Å². The van der Waals surface area contributed by atoms with E-state index in [-0.39, 0.29) is 41.3 Å². The third-order valence-electron chi connectivity index (χ3n) is 7.44. The second kappa shape index (κ2) is 8.65. The molecule has 1 saturated heterocycles. The van der Waals surface area contributed by atoms with Gasteiger partial charge in [0.2, 0.25) is 0 Å². The topological polar surface area (TPSA) is 35.5 Å². The summed E-state index contributed by atoms with van der Waals surface area (Å²) in [4.78, 5) is 12.6. The van der Waals surface area contributed by atoms with Crippen molar-refractivity contribution in [2.24, 2.45) is 29.1 Å². The lowest BCUT2D eigenvalue weighted by atomic mass is 9.77. The Balaban J connectivity index is 2.42. The van der Waals surface area contributed by atoms with Gasteiger partial charge in [-0.1, -0.05) is 53.7 Å². The maximum Gasteiger partial charge on any atom is 0.309 e. The van der Waals surface area contributed by atoms with Gasteiger partial charge in [-0.3, -0.25) is 4.79 Å². The molecule has 2 aliphatic rings. The van der Waals surface area contributed by atoms with Crippen LogP contribution in [-0.2, 0) is 14.0 Å². The van der Waals surface area contributed by atoms with Crippen LogP contribution in [0.2, 0.25) is 18.1 Å². The maximum absolute atomic E-state index is 12.6. The fraction of sp³-hybridized carbons (Fsp3) is 0.783. The fourth-order valence-corrected chi connectivity index (χ4v) is 8.46. The standard InChI is InChI=1S/C23H40O3Si/c1-9-14-17-19-18(15-23(7,8)21(19)25-22(17)24)20(16(6)10-2)26-27(11-3,12-4)13-5/h9-10,16-21H,1-2,11-15H2,3-8H3/t16-,17-,18+,19+,20+,21+/m0/s1. The first kappa shape index (κ1) is 22.4. The average Bonchev–Trinajstić information content (AvgIpc) is 3.11. The fourth-order valence-electron chi connectivity index (χ4n) is 5.50. The lowest BCUT2D eigenvalue weighted by Crippen LogP contribution is -2.46. The van der Waals surface area contributed by atoms with Crippen LogP contribution in [0, 0.1) is 29.1 Å². The number of fused-ring (bicyclic) bond motifs is 1. The quantitative estimate of drug-likeness (QED) is 0.261. The highest BCUT2D eigenvalue weighted by atomic mass is 28.4. The number of ether oxygens (including phenoxy) is 1. The van der Waals surface area contributed by atoms with Gasteiger partial charge in [-0.2, -0.15) is 0 Å². The molecule has 0 aromatic carbocycles. The van der Waals surface area contributed by atoms with Crippen LogP contribution < -0.4 is 0 Å². The normalized spacial score (nSPS) is 31.9. The minimum atomic E-state index is -1.77. The Morgan fingerprint density at radius 3 is 2.33 bits per heavy atom. The lowest BCUT2D eigenvalue weighted by Gasteiger charge is -2.40. The lowest BCUT2D eigenvalue weighted by molar-refractivity contribution is -0.147. The molecule has 3 nitrogen and oxygen atoms in total. The van der Waals surface area contributed by atoms with Crippen molar-refractivity contribution >= 4 is 14.3 Å². The van der Waals surface area contributed by atoms with Crippen LogP contribution in [0.1, 0.15) is 54.4 Å². The van der Waals surface area contributed by atoms with Gasteiger partial charge in [-0.05, 0) is 42.8 Å². The van der Waals surface area contributed by atoms with E-state index in [1.165, 1.54) is 0 Å². The van der Waals surface area contributed by atoms with Crippen LogP contribution >= 0.6 is 0 Å². The second-order valence-corrected chi connectivity index (χ2v) is 14.1. The van der Waals surface area contributed by atoms with Crippen molar-refractivity contribution < 1.29 is 14.0 Å². The van der Waals surface area contributed by atoms with E-state index in [0.29, 0.717) is 12.3 Å². The van der Waals surface area contributed by atoms with E-state index >= 15 is 0 Å². The van der Waals surface area contributed by atoms with Crippen molar-refractivity contribution in [2.45, 2.75) is 84.7 Å². The van der Waals surface area contributed by atoms with Crippen LogP contribution in [0.25, 0.3) is 0 Å². The summed E-state index contributed by atoms with van der Waals surface area (Å²) in [5.41, 5.74) is -0.0156. The molecule has 1 saturated carbocycles. The molecule has 0 spiro atoms. The number of hydrogen-bond acceptors (Lipinski definition) is 3. The Morgan fingerprint density at radius 2 is 1.85 bits per heavy atom. The highest BCUT2D eigenvalue weighted by molar-refractivity contribution is 6.73. The first-order valence-electron chi connectivity index (χ1n) is 10.8. The van der Waals surface area contributed by atoms with Crippen molar-refractivity contribution in [1.29, 1.82) is 0 Å². The number of allylic oxidation sites excluding steroid dienone is 1. The largest absolute Gasteiger partial charge is 0.461 e. The molecule has 0 amide bonds. The zero-order valence-corrected chi connectivity index (χ0v) is 19.3. The monoisotopic (exact) mass is 392 g/mol. The molecule has 2 fully saturated rings. The van der Waals surface area contributed by atoms with Gasteiger partial charge < -0.3 is 9.16 Å². The van der Waals surface area contributed by atoms with Gasteiger partial charge in [-0.25, -0.2) is 0 Å². The molecule has 0 bridgehead atoms. The number of esters is 1. The summed E-state index contributed by atoms with van der Waals surface area (Å²) in [6.07, 6.45) is 5.74. The summed E-state index contributed by atoms with van der Waals surface area (Å²) in [5, 5.41) is 0. The average molecular weight is 393 g/mol. The molecule has 27 heavy (non-hydrogen) atoms. The Bertz CT molecular complexity index is 544. The van der Waals surface area contributed by atoms with Gasteiger partial charge in [-0.15, -0.1) is 13.2 Å². The molecule has 1 aliphatic heterocycles. The molecule has 0 aromatic rings. The van der Waals surface area contributed by atoms with E-state index in [9.17, 15) is 4.79 Å². The predicted molar refractivity (Wildman–Crippen MR) is 115 cm³/mol. The minimum absolute atomic E-state index is 0.0102. The molecule has 2 rings (SSSR count).